The molecule has 138 valence electrons. The molecule has 2 aromatic carbocycles. The van der Waals surface area contributed by atoms with Crippen molar-refractivity contribution >= 4 is 11.5 Å². The van der Waals surface area contributed by atoms with E-state index in [1.807, 2.05) is 18.2 Å². The first kappa shape index (κ1) is 19.7. The van der Waals surface area contributed by atoms with Crippen molar-refractivity contribution in [2.24, 2.45) is 0 Å². The molecule has 0 bridgehead atoms. The van der Waals surface area contributed by atoms with E-state index in [1.54, 1.807) is 0 Å². The predicted molar refractivity (Wildman–Crippen MR) is 105 cm³/mol. The van der Waals surface area contributed by atoms with E-state index >= 15 is 0 Å². The number of allylic oxidation sites excluding steroid dienone is 1. The number of hydrogen-bond donors (Lipinski definition) is 2. The lowest BCUT2D eigenvalue weighted by molar-refractivity contribution is -0.136. The first-order chi connectivity index (χ1) is 12.6. The van der Waals surface area contributed by atoms with Crippen LogP contribution in [0, 0.1) is 0 Å². The van der Waals surface area contributed by atoms with E-state index in [2.05, 4.69) is 54.7 Å². The van der Waals surface area contributed by atoms with E-state index in [0.29, 0.717) is 19.7 Å². The van der Waals surface area contributed by atoms with Crippen molar-refractivity contribution in [1.82, 2.24) is 5.32 Å². The lowest BCUT2D eigenvalue weighted by Crippen LogP contribution is -2.18. The van der Waals surface area contributed by atoms with Crippen LogP contribution in [0.25, 0.3) is 5.57 Å². The van der Waals surface area contributed by atoms with Crippen molar-refractivity contribution in [2.75, 3.05) is 19.7 Å². The Hall–Kier alpha value is -2.59. The van der Waals surface area contributed by atoms with Crippen LogP contribution in [0.1, 0.15) is 30.9 Å². The van der Waals surface area contributed by atoms with Gasteiger partial charge in [-0.3, -0.25) is 4.79 Å². The maximum absolute atomic E-state index is 10.4. The van der Waals surface area contributed by atoms with Crippen molar-refractivity contribution in [3.8, 4) is 5.75 Å². The topological polar surface area (TPSA) is 58.6 Å². The van der Waals surface area contributed by atoms with Gasteiger partial charge in [-0.15, -0.1) is 0 Å². The minimum atomic E-state index is -0.780. The second kappa shape index (κ2) is 11.1. The molecule has 0 amide bonds. The number of carboxylic acids is 1. The van der Waals surface area contributed by atoms with Gasteiger partial charge in [-0.25, -0.2) is 0 Å². The molecular weight excluding hydrogens is 326 g/mol. The van der Waals surface area contributed by atoms with Crippen LogP contribution in [-0.4, -0.2) is 30.8 Å². The molecule has 0 atom stereocenters. The van der Waals surface area contributed by atoms with E-state index in [0.717, 1.165) is 29.7 Å². The van der Waals surface area contributed by atoms with E-state index in [9.17, 15) is 4.79 Å². The molecule has 2 rings (SSSR count). The highest BCUT2D eigenvalue weighted by Gasteiger charge is 1.99. The average Bonchev–Trinajstić information content (AvgIpc) is 2.66. The Kier molecular flexibility index (Phi) is 8.43. The summed E-state index contributed by atoms with van der Waals surface area (Å²) in [5, 5.41) is 11.7. The van der Waals surface area contributed by atoms with Gasteiger partial charge in [0.05, 0.1) is 13.0 Å². The maximum atomic E-state index is 10.4. The first-order valence-electron chi connectivity index (χ1n) is 9.01. The van der Waals surface area contributed by atoms with E-state index in [4.69, 9.17) is 9.84 Å². The molecule has 0 radical (unpaired) electrons. The number of carbonyl (C=O) groups is 1. The minimum Gasteiger partial charge on any atom is -0.494 e. The quantitative estimate of drug-likeness (QED) is 0.596. The Morgan fingerprint density at radius 1 is 1.12 bits per heavy atom. The zero-order valence-corrected chi connectivity index (χ0v) is 15.3. The zero-order valence-electron chi connectivity index (χ0n) is 15.3. The second-order valence-corrected chi connectivity index (χ2v) is 6.20. The molecule has 0 spiro atoms. The molecular formula is C22H27NO3. The smallest absolute Gasteiger partial charge is 0.304 e. The fraction of sp³-hybridized carbons (Fsp3) is 0.318. The minimum absolute atomic E-state index is 0.142. The zero-order chi connectivity index (χ0) is 18.6. The Labute approximate surface area is 155 Å². The SMILES string of the molecule is C/C(=C\CNCCC(=O)O)c1ccc(OCCCc2ccccc2)cc1. The summed E-state index contributed by atoms with van der Waals surface area (Å²) in [6.07, 6.45) is 4.23. The first-order valence-corrected chi connectivity index (χ1v) is 9.01. The number of carboxylic acid groups (broad SMARTS) is 1. The molecule has 0 saturated carbocycles. The number of aliphatic carboxylic acids is 1. The molecule has 0 aromatic heterocycles. The van der Waals surface area contributed by atoms with Crippen LogP contribution in [0.3, 0.4) is 0 Å². The molecule has 0 heterocycles. The summed E-state index contributed by atoms with van der Waals surface area (Å²) in [6, 6.07) is 18.5. The van der Waals surface area contributed by atoms with Gasteiger partial charge in [0, 0.05) is 13.1 Å². The van der Waals surface area contributed by atoms with Crippen LogP contribution < -0.4 is 10.1 Å². The highest BCUT2D eigenvalue weighted by Crippen LogP contribution is 2.18. The molecule has 2 aromatic rings. The van der Waals surface area contributed by atoms with Crippen molar-refractivity contribution in [3.63, 3.8) is 0 Å². The molecule has 0 aliphatic rings. The van der Waals surface area contributed by atoms with Gasteiger partial charge in [-0.2, -0.15) is 0 Å². The number of ether oxygens (including phenoxy) is 1. The van der Waals surface area contributed by atoms with E-state index in [1.165, 1.54) is 5.56 Å². The van der Waals surface area contributed by atoms with Crippen molar-refractivity contribution < 1.29 is 14.6 Å². The van der Waals surface area contributed by atoms with E-state index < -0.39 is 5.97 Å². The third-order valence-electron chi connectivity index (χ3n) is 4.10. The maximum Gasteiger partial charge on any atom is 0.304 e. The fourth-order valence-electron chi connectivity index (χ4n) is 2.57. The predicted octanol–water partition coefficient (Wildman–Crippen LogP) is 4.17. The lowest BCUT2D eigenvalue weighted by Gasteiger charge is -2.08. The molecule has 4 nitrogen and oxygen atoms in total. The molecule has 4 heteroatoms. The third-order valence-corrected chi connectivity index (χ3v) is 4.10. The summed E-state index contributed by atoms with van der Waals surface area (Å²) in [5.41, 5.74) is 3.63. The summed E-state index contributed by atoms with van der Waals surface area (Å²) < 4.78 is 5.81. The standard InChI is InChI=1S/C22H27NO3/c1-18(13-15-23-16-14-22(24)25)20-9-11-21(12-10-20)26-17-5-8-19-6-3-2-4-7-19/h2-4,6-7,9-13,23H,5,8,14-17H2,1H3,(H,24,25)/b18-13+. The summed E-state index contributed by atoms with van der Waals surface area (Å²) in [7, 11) is 0. The van der Waals surface area contributed by atoms with Gasteiger partial charge in [-0.1, -0.05) is 48.5 Å². The summed E-state index contributed by atoms with van der Waals surface area (Å²) in [6.45, 7) is 3.90. The van der Waals surface area contributed by atoms with Crippen molar-refractivity contribution in [1.29, 1.82) is 0 Å². The highest BCUT2D eigenvalue weighted by molar-refractivity contribution is 5.67. The number of nitrogens with one attached hydrogen (secondary N) is 1. The van der Waals surface area contributed by atoms with Crippen molar-refractivity contribution in [2.45, 2.75) is 26.2 Å². The lowest BCUT2D eigenvalue weighted by atomic mass is 10.1. The van der Waals surface area contributed by atoms with E-state index in [-0.39, 0.29) is 6.42 Å². The van der Waals surface area contributed by atoms with Gasteiger partial charge in [0.25, 0.3) is 0 Å². The highest BCUT2D eigenvalue weighted by atomic mass is 16.5. The number of hydrogen-bond acceptors (Lipinski definition) is 3. The van der Waals surface area contributed by atoms with Gasteiger partial charge in [0.1, 0.15) is 5.75 Å². The Morgan fingerprint density at radius 3 is 2.54 bits per heavy atom. The van der Waals surface area contributed by atoms with Gasteiger partial charge in [-0.05, 0) is 48.6 Å². The Balaban J connectivity index is 1.70. The molecule has 0 fully saturated rings. The third kappa shape index (κ3) is 7.53. The number of rotatable bonds is 11. The normalized spacial score (nSPS) is 11.3. The van der Waals surface area contributed by atoms with Gasteiger partial charge in [0.2, 0.25) is 0 Å². The Morgan fingerprint density at radius 2 is 1.85 bits per heavy atom. The van der Waals surface area contributed by atoms with Crippen LogP contribution in [0.5, 0.6) is 5.75 Å². The molecule has 0 aliphatic heterocycles. The van der Waals surface area contributed by atoms with Crippen molar-refractivity contribution in [3.05, 3.63) is 71.8 Å². The fourth-order valence-corrected chi connectivity index (χ4v) is 2.57. The molecule has 0 saturated heterocycles. The summed E-state index contributed by atoms with van der Waals surface area (Å²) in [5.74, 6) is 0.103. The second-order valence-electron chi connectivity index (χ2n) is 6.20. The Bertz CT molecular complexity index is 693. The molecule has 2 N–H and O–H groups in total. The van der Waals surface area contributed by atoms with Crippen LogP contribution in [0.4, 0.5) is 0 Å². The van der Waals surface area contributed by atoms with Gasteiger partial charge in [0.15, 0.2) is 0 Å². The summed E-state index contributed by atoms with van der Waals surface area (Å²) in [4.78, 5) is 10.4. The molecule has 26 heavy (non-hydrogen) atoms. The summed E-state index contributed by atoms with van der Waals surface area (Å²) >= 11 is 0. The molecule has 0 unspecified atom stereocenters. The number of aryl methyl sites for hydroxylation is 1. The van der Waals surface area contributed by atoms with Crippen LogP contribution in [0.2, 0.25) is 0 Å². The molecule has 0 aliphatic carbocycles. The van der Waals surface area contributed by atoms with Gasteiger partial charge >= 0.3 is 5.97 Å². The largest absolute Gasteiger partial charge is 0.494 e. The van der Waals surface area contributed by atoms with Crippen LogP contribution in [-0.2, 0) is 11.2 Å². The van der Waals surface area contributed by atoms with Crippen LogP contribution >= 0.6 is 0 Å². The monoisotopic (exact) mass is 353 g/mol. The number of benzene rings is 2. The average molecular weight is 353 g/mol. The van der Waals surface area contributed by atoms with Crippen LogP contribution in [0.15, 0.2) is 60.7 Å². The van der Waals surface area contributed by atoms with Gasteiger partial charge < -0.3 is 15.2 Å².